The number of fused-ring (bicyclic) bond motifs is 2. The van der Waals surface area contributed by atoms with Crippen LogP contribution in [-0.2, 0) is 22.9 Å². The van der Waals surface area contributed by atoms with E-state index in [2.05, 4.69) is 9.88 Å². The summed E-state index contributed by atoms with van der Waals surface area (Å²) in [5.74, 6) is 0. The highest BCUT2D eigenvalue weighted by molar-refractivity contribution is 7.90. The first-order chi connectivity index (χ1) is 10.2. The maximum atomic E-state index is 12.7. The van der Waals surface area contributed by atoms with Gasteiger partial charge in [-0.2, -0.15) is 21.6 Å². The molecule has 0 radical (unpaired) electrons. The van der Waals surface area contributed by atoms with E-state index in [1.54, 1.807) is 6.07 Å². The molecule has 3 rings (SSSR count). The summed E-state index contributed by atoms with van der Waals surface area (Å²) in [7, 11) is -3.49. The summed E-state index contributed by atoms with van der Waals surface area (Å²) in [5, 5.41) is 0. The average Bonchev–Trinajstić information content (AvgIpc) is 2.75. The Kier molecular flexibility index (Phi) is 3.44. The van der Waals surface area contributed by atoms with Gasteiger partial charge in [0, 0.05) is 13.1 Å². The Balaban J connectivity index is 2.17. The van der Waals surface area contributed by atoms with Gasteiger partial charge in [-0.05, 0) is 43.1 Å². The lowest BCUT2D eigenvalue weighted by atomic mass is 10.0. The van der Waals surface area contributed by atoms with Crippen molar-refractivity contribution in [2.45, 2.75) is 18.3 Å². The molecule has 2 aromatic rings. The summed E-state index contributed by atoms with van der Waals surface area (Å²) >= 11 is 0. The number of hydrogen-bond acceptors (Lipinski definition) is 4. The van der Waals surface area contributed by atoms with Crippen molar-refractivity contribution in [3.8, 4) is 0 Å². The predicted molar refractivity (Wildman–Crippen MR) is 75.0 cm³/mol. The van der Waals surface area contributed by atoms with Crippen molar-refractivity contribution < 1.29 is 21.6 Å². The number of halogens is 3. The number of nitrogens with zero attached hydrogens (tertiary/aromatic N) is 3. The van der Waals surface area contributed by atoms with Crippen LogP contribution in [0.15, 0.2) is 18.5 Å². The van der Waals surface area contributed by atoms with E-state index in [0.29, 0.717) is 6.42 Å². The maximum absolute atomic E-state index is 12.7. The lowest BCUT2D eigenvalue weighted by Gasteiger charge is -2.11. The van der Waals surface area contributed by atoms with Crippen LogP contribution in [0.1, 0.15) is 11.1 Å². The average molecular weight is 333 g/mol. The largest absolute Gasteiger partial charge is 0.517 e. The molecule has 1 aliphatic rings. The summed E-state index contributed by atoms with van der Waals surface area (Å²) < 4.78 is 61.6. The normalized spacial score (nSPS) is 17.5. The Morgan fingerprint density at radius 3 is 2.32 bits per heavy atom. The fourth-order valence-corrected chi connectivity index (χ4v) is 3.42. The van der Waals surface area contributed by atoms with Gasteiger partial charge in [-0.1, -0.05) is 0 Å². The summed E-state index contributed by atoms with van der Waals surface area (Å²) in [5.41, 5.74) is -3.24. The topological polar surface area (TPSA) is 55.2 Å². The Morgan fingerprint density at radius 1 is 1.14 bits per heavy atom. The first kappa shape index (κ1) is 15.3. The minimum absolute atomic E-state index is 0.0272. The van der Waals surface area contributed by atoms with Crippen LogP contribution in [0.4, 0.5) is 13.2 Å². The van der Waals surface area contributed by atoms with E-state index in [0.717, 1.165) is 37.0 Å². The third-order valence-corrected chi connectivity index (χ3v) is 5.31. The molecule has 1 aromatic heterocycles. The lowest BCUT2D eigenvalue weighted by Crippen LogP contribution is -2.29. The highest BCUT2D eigenvalue weighted by Crippen LogP contribution is 2.30. The van der Waals surface area contributed by atoms with E-state index < -0.39 is 15.5 Å². The molecular weight excluding hydrogens is 319 g/mol. The standard InChI is InChI=1S/C13H14F3N3O2S/c1-18-4-2-9-6-11-12(7-10(9)3-5-18)19(8-17-11)22(20,21)13(14,15)16/h6-8H,2-5H2,1H3. The molecule has 120 valence electrons. The minimum atomic E-state index is -5.46. The van der Waals surface area contributed by atoms with Crippen molar-refractivity contribution in [1.29, 1.82) is 0 Å². The fourth-order valence-electron chi connectivity index (χ4n) is 2.62. The second-order valence-electron chi connectivity index (χ2n) is 5.40. The summed E-state index contributed by atoms with van der Waals surface area (Å²) in [6.45, 7) is 1.62. The molecule has 1 aromatic carbocycles. The number of aromatic nitrogens is 2. The molecule has 0 bridgehead atoms. The van der Waals surface area contributed by atoms with Crippen LogP contribution < -0.4 is 0 Å². The number of likely N-dealkylation sites (N-methyl/N-ethyl adjacent to an activating group) is 1. The van der Waals surface area contributed by atoms with Crippen LogP contribution in [0.2, 0.25) is 0 Å². The monoisotopic (exact) mass is 333 g/mol. The molecule has 0 amide bonds. The molecule has 0 spiro atoms. The lowest BCUT2D eigenvalue weighted by molar-refractivity contribution is -0.0445. The van der Waals surface area contributed by atoms with E-state index >= 15 is 0 Å². The zero-order valence-corrected chi connectivity index (χ0v) is 12.6. The van der Waals surface area contributed by atoms with Crippen molar-refractivity contribution in [2.24, 2.45) is 0 Å². The van der Waals surface area contributed by atoms with Gasteiger partial charge < -0.3 is 4.90 Å². The van der Waals surface area contributed by atoms with Gasteiger partial charge in [-0.15, -0.1) is 0 Å². The van der Waals surface area contributed by atoms with Crippen LogP contribution in [0.25, 0.3) is 11.0 Å². The molecule has 2 heterocycles. The van der Waals surface area contributed by atoms with Crippen LogP contribution in [0.5, 0.6) is 0 Å². The van der Waals surface area contributed by atoms with Gasteiger partial charge in [0.1, 0.15) is 6.33 Å². The highest BCUT2D eigenvalue weighted by atomic mass is 32.2. The van der Waals surface area contributed by atoms with Crippen molar-refractivity contribution in [1.82, 2.24) is 13.9 Å². The zero-order chi connectivity index (χ0) is 16.1. The summed E-state index contributed by atoms with van der Waals surface area (Å²) in [6, 6.07) is 3.20. The number of benzene rings is 1. The molecule has 9 heteroatoms. The molecule has 0 fully saturated rings. The maximum Gasteiger partial charge on any atom is 0.517 e. The van der Waals surface area contributed by atoms with Crippen molar-refractivity contribution in [3.05, 3.63) is 29.6 Å². The Labute approximate surface area is 125 Å². The van der Waals surface area contributed by atoms with E-state index in [-0.39, 0.29) is 15.0 Å². The van der Waals surface area contributed by atoms with Gasteiger partial charge in [0.05, 0.1) is 11.0 Å². The second kappa shape index (κ2) is 4.95. The molecule has 5 nitrogen and oxygen atoms in total. The molecule has 0 saturated heterocycles. The number of imidazole rings is 1. The fraction of sp³-hybridized carbons (Fsp3) is 0.462. The van der Waals surface area contributed by atoms with Crippen molar-refractivity contribution in [3.63, 3.8) is 0 Å². The molecular formula is C13H14F3N3O2S. The number of rotatable bonds is 1. The zero-order valence-electron chi connectivity index (χ0n) is 11.8. The van der Waals surface area contributed by atoms with Crippen molar-refractivity contribution >= 4 is 21.1 Å². The third-order valence-electron chi connectivity index (χ3n) is 3.91. The molecule has 1 aliphatic heterocycles. The van der Waals surface area contributed by atoms with Crippen molar-refractivity contribution in [2.75, 3.05) is 20.1 Å². The number of alkyl halides is 3. The van der Waals surface area contributed by atoms with Gasteiger partial charge in [-0.25, -0.2) is 8.96 Å². The van der Waals surface area contributed by atoms with E-state index in [4.69, 9.17) is 0 Å². The molecule has 0 saturated carbocycles. The van der Waals surface area contributed by atoms with Crippen LogP contribution >= 0.6 is 0 Å². The van der Waals surface area contributed by atoms with Crippen LogP contribution in [-0.4, -0.2) is 47.9 Å². The quantitative estimate of drug-likeness (QED) is 0.798. The smallest absolute Gasteiger partial charge is 0.306 e. The van der Waals surface area contributed by atoms with Crippen LogP contribution in [0, 0.1) is 0 Å². The van der Waals surface area contributed by atoms with Gasteiger partial charge >= 0.3 is 15.5 Å². The molecule has 0 unspecified atom stereocenters. The Hall–Kier alpha value is -1.61. The van der Waals surface area contributed by atoms with Gasteiger partial charge in [0.15, 0.2) is 0 Å². The highest BCUT2D eigenvalue weighted by Gasteiger charge is 2.48. The Bertz CT molecular complexity index is 827. The van der Waals surface area contributed by atoms with Crippen LogP contribution in [0.3, 0.4) is 0 Å². The molecule has 0 aliphatic carbocycles. The van der Waals surface area contributed by atoms with Gasteiger partial charge in [0.2, 0.25) is 0 Å². The van der Waals surface area contributed by atoms with Gasteiger partial charge in [0.25, 0.3) is 0 Å². The molecule has 0 N–H and O–H groups in total. The second-order valence-corrected chi connectivity index (χ2v) is 7.21. The van der Waals surface area contributed by atoms with E-state index in [1.165, 1.54) is 6.07 Å². The molecule has 22 heavy (non-hydrogen) atoms. The number of hydrogen-bond donors (Lipinski definition) is 0. The first-order valence-electron chi connectivity index (χ1n) is 6.69. The van der Waals surface area contributed by atoms with E-state index in [1.807, 2.05) is 7.05 Å². The SMILES string of the molecule is CN1CCc2cc3ncn(S(=O)(=O)C(F)(F)F)c3cc2CC1. The minimum Gasteiger partial charge on any atom is -0.306 e. The molecule has 0 atom stereocenters. The predicted octanol–water partition coefficient (Wildman–Crippen LogP) is 1.76. The Morgan fingerprint density at radius 2 is 1.73 bits per heavy atom. The third kappa shape index (κ3) is 2.38. The summed E-state index contributed by atoms with van der Waals surface area (Å²) in [6.07, 6.45) is 2.15. The summed E-state index contributed by atoms with van der Waals surface area (Å²) in [4.78, 5) is 5.95. The first-order valence-corrected chi connectivity index (χ1v) is 8.13. The van der Waals surface area contributed by atoms with E-state index in [9.17, 15) is 21.6 Å². The van der Waals surface area contributed by atoms with Gasteiger partial charge in [-0.3, -0.25) is 0 Å².